The highest BCUT2D eigenvalue weighted by molar-refractivity contribution is 7.99. The molecule has 4 aromatic heterocycles. The summed E-state index contributed by atoms with van der Waals surface area (Å²) in [6.07, 6.45) is -1.86. The second-order valence-electron chi connectivity index (χ2n) is 5.61. The van der Waals surface area contributed by atoms with Crippen molar-refractivity contribution in [3.05, 3.63) is 36.2 Å². The molecule has 0 saturated heterocycles. The van der Waals surface area contributed by atoms with Gasteiger partial charge in [-0.15, -0.1) is 23.1 Å². The predicted octanol–water partition coefficient (Wildman–Crippen LogP) is 5.38. The van der Waals surface area contributed by atoms with Gasteiger partial charge in [-0.05, 0) is 24.0 Å². The van der Waals surface area contributed by atoms with Gasteiger partial charge in [0.1, 0.15) is 10.3 Å². The van der Waals surface area contributed by atoms with Crippen molar-refractivity contribution < 1.29 is 13.2 Å². The van der Waals surface area contributed by atoms with E-state index >= 15 is 0 Å². The van der Waals surface area contributed by atoms with Crippen LogP contribution < -0.4 is 0 Å². The van der Waals surface area contributed by atoms with Crippen molar-refractivity contribution in [1.29, 1.82) is 0 Å². The number of fused-ring (bicyclic) bond motifs is 2. The second kappa shape index (κ2) is 6.24. The predicted molar refractivity (Wildman–Crippen MR) is 98.5 cm³/mol. The molecule has 0 amide bonds. The molecular weight excluding hydrogens is 381 g/mol. The van der Waals surface area contributed by atoms with Gasteiger partial charge in [-0.3, -0.25) is 0 Å². The van der Waals surface area contributed by atoms with Crippen molar-refractivity contribution >= 4 is 44.5 Å². The monoisotopic (exact) mass is 394 g/mol. The van der Waals surface area contributed by atoms with Crippen molar-refractivity contribution in [2.45, 2.75) is 18.0 Å². The minimum Gasteiger partial charge on any atom is -0.311 e. The molecule has 0 aliphatic carbocycles. The van der Waals surface area contributed by atoms with Gasteiger partial charge in [0.25, 0.3) is 0 Å². The maximum absolute atomic E-state index is 13.0. The molecule has 0 aliphatic rings. The molecule has 26 heavy (non-hydrogen) atoms. The molecule has 0 aromatic carbocycles. The quantitative estimate of drug-likeness (QED) is 0.438. The van der Waals surface area contributed by atoms with Crippen LogP contribution in [0, 0.1) is 0 Å². The van der Waals surface area contributed by atoms with Crippen molar-refractivity contribution in [3.8, 4) is 10.7 Å². The van der Waals surface area contributed by atoms with E-state index in [-0.39, 0.29) is 5.52 Å². The molecule has 4 nitrogen and oxygen atoms in total. The Morgan fingerprint density at radius 1 is 1.27 bits per heavy atom. The number of thiophene rings is 1. The zero-order valence-corrected chi connectivity index (χ0v) is 15.5. The van der Waals surface area contributed by atoms with Crippen LogP contribution in [-0.4, -0.2) is 25.3 Å². The topological polar surface area (TPSA) is 43.6 Å². The highest BCUT2D eigenvalue weighted by atomic mass is 32.2. The van der Waals surface area contributed by atoms with Gasteiger partial charge in [-0.25, -0.2) is 15.0 Å². The van der Waals surface area contributed by atoms with E-state index in [1.807, 2.05) is 12.1 Å². The zero-order chi connectivity index (χ0) is 18.5. The first kappa shape index (κ1) is 17.3. The van der Waals surface area contributed by atoms with Crippen molar-refractivity contribution in [2.24, 2.45) is 7.05 Å². The first-order chi connectivity index (χ1) is 12.4. The van der Waals surface area contributed by atoms with Crippen LogP contribution in [-0.2, 0) is 13.2 Å². The molecule has 4 rings (SSSR count). The lowest BCUT2D eigenvalue weighted by Crippen LogP contribution is -2.05. The van der Waals surface area contributed by atoms with Crippen LogP contribution in [0.1, 0.15) is 12.5 Å². The zero-order valence-electron chi connectivity index (χ0n) is 13.8. The molecule has 0 N–H and O–H groups in total. The highest BCUT2D eigenvalue weighted by Gasteiger charge is 2.32. The summed E-state index contributed by atoms with van der Waals surface area (Å²) in [4.78, 5) is 15.7. The summed E-state index contributed by atoms with van der Waals surface area (Å²) in [7, 11) is 1.77. The number of thioether (sulfide) groups is 1. The molecule has 0 aliphatic heterocycles. The Morgan fingerprint density at radius 3 is 2.81 bits per heavy atom. The minimum absolute atomic E-state index is 0.232. The third kappa shape index (κ3) is 2.75. The van der Waals surface area contributed by atoms with Gasteiger partial charge in [-0.1, -0.05) is 6.92 Å². The van der Waals surface area contributed by atoms with Gasteiger partial charge in [0.05, 0.1) is 10.4 Å². The maximum atomic E-state index is 13.0. The van der Waals surface area contributed by atoms with Crippen LogP contribution in [0.5, 0.6) is 0 Å². The standard InChI is InChI=1S/C17H13F3N4S2/c1-3-25-12-10-5-4-6-21-16(10)26-13(12)15-23-11-7-9(17(18,19)20)8-22-14(11)24(15)2/h4-8H,3H2,1-2H3. The number of imidazole rings is 1. The highest BCUT2D eigenvalue weighted by Crippen LogP contribution is 2.43. The molecule has 0 bridgehead atoms. The van der Waals surface area contributed by atoms with E-state index in [1.165, 1.54) is 11.3 Å². The summed E-state index contributed by atoms with van der Waals surface area (Å²) in [5, 5.41) is 1.04. The summed E-state index contributed by atoms with van der Waals surface area (Å²) in [5.41, 5.74) is -0.142. The molecule has 0 atom stereocenters. The summed E-state index contributed by atoms with van der Waals surface area (Å²) >= 11 is 3.17. The number of aromatic nitrogens is 4. The van der Waals surface area contributed by atoms with Crippen LogP contribution in [0.4, 0.5) is 13.2 Å². The summed E-state index contributed by atoms with van der Waals surface area (Å²) in [5.74, 6) is 1.47. The molecule has 0 spiro atoms. The fourth-order valence-electron chi connectivity index (χ4n) is 2.78. The van der Waals surface area contributed by atoms with Crippen LogP contribution >= 0.6 is 23.1 Å². The molecule has 9 heteroatoms. The smallest absolute Gasteiger partial charge is 0.311 e. The van der Waals surface area contributed by atoms with E-state index in [0.717, 1.165) is 38.0 Å². The average molecular weight is 394 g/mol. The molecule has 0 radical (unpaired) electrons. The van der Waals surface area contributed by atoms with E-state index in [4.69, 9.17) is 0 Å². The number of halogens is 3. The number of rotatable bonds is 3. The van der Waals surface area contributed by atoms with Gasteiger partial charge in [0.2, 0.25) is 0 Å². The van der Waals surface area contributed by atoms with E-state index in [0.29, 0.717) is 11.5 Å². The Morgan fingerprint density at radius 2 is 2.08 bits per heavy atom. The number of hydrogen-bond acceptors (Lipinski definition) is 5. The van der Waals surface area contributed by atoms with Crippen molar-refractivity contribution in [3.63, 3.8) is 0 Å². The van der Waals surface area contributed by atoms with E-state index in [9.17, 15) is 13.2 Å². The lowest BCUT2D eigenvalue weighted by atomic mass is 10.2. The summed E-state index contributed by atoms with van der Waals surface area (Å²) in [6.45, 7) is 2.06. The Kier molecular flexibility index (Phi) is 4.15. The van der Waals surface area contributed by atoms with Crippen molar-refractivity contribution in [1.82, 2.24) is 19.5 Å². The molecule has 134 valence electrons. The van der Waals surface area contributed by atoms with Gasteiger partial charge in [0, 0.05) is 29.7 Å². The number of hydrogen-bond donors (Lipinski definition) is 0. The number of nitrogens with zero attached hydrogens (tertiary/aromatic N) is 4. The SMILES string of the molecule is CCSc1c(-c2nc3cc(C(F)(F)F)cnc3n2C)sc2ncccc12. The Labute approximate surface area is 155 Å². The van der Waals surface area contributed by atoms with Crippen LogP contribution in [0.15, 0.2) is 35.5 Å². The number of pyridine rings is 2. The van der Waals surface area contributed by atoms with Crippen molar-refractivity contribution in [2.75, 3.05) is 5.75 Å². The summed E-state index contributed by atoms with van der Waals surface area (Å²) < 4.78 is 40.6. The Balaban J connectivity index is 1.96. The normalized spacial score (nSPS) is 12.3. The summed E-state index contributed by atoms with van der Waals surface area (Å²) in [6, 6.07) is 4.93. The Hall–Kier alpha value is -2.13. The Bertz CT molecular complexity index is 1110. The second-order valence-corrected chi connectivity index (χ2v) is 7.88. The van der Waals surface area contributed by atoms with E-state index in [2.05, 4.69) is 21.9 Å². The third-order valence-corrected chi connectivity index (χ3v) is 6.19. The fraction of sp³-hybridized carbons (Fsp3) is 0.235. The van der Waals surface area contributed by atoms with Gasteiger partial charge >= 0.3 is 6.18 Å². The fourth-order valence-corrected chi connectivity index (χ4v) is 5.04. The number of aryl methyl sites for hydroxylation is 1. The van der Waals surface area contributed by atoms with Crippen LogP contribution in [0.25, 0.3) is 32.1 Å². The van der Waals surface area contributed by atoms with E-state index < -0.39 is 11.7 Å². The molecule has 0 fully saturated rings. The average Bonchev–Trinajstić information content (AvgIpc) is 3.13. The lowest BCUT2D eigenvalue weighted by molar-refractivity contribution is -0.137. The van der Waals surface area contributed by atoms with Crippen LogP contribution in [0.2, 0.25) is 0 Å². The lowest BCUT2D eigenvalue weighted by Gasteiger charge is -2.05. The third-order valence-electron chi connectivity index (χ3n) is 3.95. The van der Waals surface area contributed by atoms with Gasteiger partial charge in [-0.2, -0.15) is 13.2 Å². The molecule has 0 saturated carbocycles. The maximum Gasteiger partial charge on any atom is 0.417 e. The van der Waals surface area contributed by atoms with E-state index in [1.54, 1.807) is 29.6 Å². The molecule has 4 aromatic rings. The number of alkyl halides is 3. The molecular formula is C17H13F3N4S2. The largest absolute Gasteiger partial charge is 0.417 e. The first-order valence-corrected chi connectivity index (χ1v) is 9.60. The minimum atomic E-state index is -4.44. The molecule has 4 heterocycles. The molecule has 0 unspecified atom stereocenters. The van der Waals surface area contributed by atoms with Gasteiger partial charge in [0.15, 0.2) is 11.5 Å². The van der Waals surface area contributed by atoms with Gasteiger partial charge < -0.3 is 4.57 Å². The van der Waals surface area contributed by atoms with Crippen LogP contribution in [0.3, 0.4) is 0 Å². The first-order valence-electron chi connectivity index (χ1n) is 7.80.